The fourth-order valence-corrected chi connectivity index (χ4v) is 2.61. The van der Waals surface area contributed by atoms with Crippen LogP contribution in [-0.2, 0) is 9.59 Å². The van der Waals surface area contributed by atoms with Gasteiger partial charge in [-0.3, -0.25) is 14.5 Å². The second-order valence-corrected chi connectivity index (χ2v) is 5.01. The van der Waals surface area contributed by atoms with Crippen LogP contribution in [0.25, 0.3) is 0 Å². The van der Waals surface area contributed by atoms with Crippen LogP contribution in [0.1, 0.15) is 32.3 Å². The highest BCUT2D eigenvalue weighted by atomic mass is 19.1. The third-order valence-electron chi connectivity index (χ3n) is 3.69. The zero-order valence-electron chi connectivity index (χ0n) is 11.9. The van der Waals surface area contributed by atoms with Crippen LogP contribution in [0.5, 0.6) is 0 Å². The Balaban J connectivity index is 2.54. The lowest BCUT2D eigenvalue weighted by molar-refractivity contribution is -0.134. The zero-order valence-corrected chi connectivity index (χ0v) is 11.9. The summed E-state index contributed by atoms with van der Waals surface area (Å²) in [6.07, 6.45) is 0.937. The van der Waals surface area contributed by atoms with Crippen LogP contribution in [0.3, 0.4) is 0 Å². The predicted octanol–water partition coefficient (Wildman–Crippen LogP) is 2.15. The van der Waals surface area contributed by atoms with Crippen LogP contribution < -0.4 is 10.2 Å². The van der Waals surface area contributed by atoms with Crippen molar-refractivity contribution in [3.05, 3.63) is 29.6 Å². The summed E-state index contributed by atoms with van der Waals surface area (Å²) < 4.78 is 14.2. The lowest BCUT2D eigenvalue weighted by Crippen LogP contribution is -2.63. The Morgan fingerprint density at radius 2 is 1.95 bits per heavy atom. The number of benzene rings is 1. The van der Waals surface area contributed by atoms with Gasteiger partial charge in [0.05, 0.1) is 5.69 Å². The lowest BCUT2D eigenvalue weighted by atomic mass is 10.0. The van der Waals surface area contributed by atoms with Gasteiger partial charge in [-0.2, -0.15) is 0 Å². The largest absolute Gasteiger partial charge is 0.342 e. The molecule has 0 bridgehead atoms. The summed E-state index contributed by atoms with van der Waals surface area (Å²) in [4.78, 5) is 26.0. The zero-order chi connectivity index (χ0) is 14.9. The number of piperazine rings is 1. The van der Waals surface area contributed by atoms with Crippen LogP contribution in [0, 0.1) is 12.7 Å². The quantitative estimate of drug-likeness (QED) is 0.921. The minimum absolute atomic E-state index is 0.220. The molecule has 20 heavy (non-hydrogen) atoms. The van der Waals surface area contributed by atoms with E-state index in [1.165, 1.54) is 11.0 Å². The highest BCUT2D eigenvalue weighted by Gasteiger charge is 2.41. The maximum absolute atomic E-state index is 14.2. The van der Waals surface area contributed by atoms with Gasteiger partial charge in [-0.1, -0.05) is 26.0 Å². The van der Waals surface area contributed by atoms with Gasteiger partial charge < -0.3 is 5.32 Å². The summed E-state index contributed by atoms with van der Waals surface area (Å²) in [5.41, 5.74) is 0.874. The maximum atomic E-state index is 14.2. The minimum atomic E-state index is -0.652. The van der Waals surface area contributed by atoms with Gasteiger partial charge in [-0.15, -0.1) is 0 Å². The van der Waals surface area contributed by atoms with E-state index >= 15 is 0 Å². The van der Waals surface area contributed by atoms with Crippen LogP contribution in [0.2, 0.25) is 0 Å². The van der Waals surface area contributed by atoms with Crippen molar-refractivity contribution in [1.82, 2.24) is 5.32 Å². The van der Waals surface area contributed by atoms with Gasteiger partial charge in [0.1, 0.15) is 17.9 Å². The van der Waals surface area contributed by atoms with Gasteiger partial charge in [-0.05, 0) is 31.4 Å². The number of nitrogens with zero attached hydrogens (tertiary/aromatic N) is 1. The summed E-state index contributed by atoms with van der Waals surface area (Å²) in [7, 11) is 0. The third-order valence-corrected chi connectivity index (χ3v) is 3.69. The SMILES string of the molecule is CCC1NC(=O)C(CC)N(c2c(C)cccc2F)C1=O. The van der Waals surface area contributed by atoms with Crippen molar-refractivity contribution in [3.63, 3.8) is 0 Å². The first-order chi connectivity index (χ1) is 9.51. The number of halogens is 1. The molecular formula is C15H19FN2O2. The topological polar surface area (TPSA) is 49.4 Å². The first-order valence-electron chi connectivity index (χ1n) is 6.89. The molecule has 1 N–H and O–H groups in total. The molecule has 0 saturated carbocycles. The molecule has 2 atom stereocenters. The molecule has 4 nitrogen and oxygen atoms in total. The maximum Gasteiger partial charge on any atom is 0.250 e. The smallest absolute Gasteiger partial charge is 0.250 e. The van der Waals surface area contributed by atoms with Gasteiger partial charge in [0.25, 0.3) is 0 Å². The van der Waals surface area contributed by atoms with E-state index in [1.807, 2.05) is 13.8 Å². The van der Waals surface area contributed by atoms with Crippen LogP contribution in [0.15, 0.2) is 18.2 Å². The van der Waals surface area contributed by atoms with Crippen molar-refractivity contribution in [2.45, 2.75) is 45.7 Å². The van der Waals surface area contributed by atoms with E-state index in [0.717, 1.165) is 0 Å². The molecule has 1 aromatic rings. The highest BCUT2D eigenvalue weighted by molar-refractivity contribution is 6.08. The van der Waals surface area contributed by atoms with Crippen molar-refractivity contribution < 1.29 is 14.0 Å². The summed E-state index contributed by atoms with van der Waals surface area (Å²) in [6, 6.07) is 3.42. The average molecular weight is 278 g/mol. The second kappa shape index (κ2) is 5.61. The first-order valence-corrected chi connectivity index (χ1v) is 6.89. The molecule has 2 rings (SSSR count). The Morgan fingerprint density at radius 1 is 1.25 bits per heavy atom. The summed E-state index contributed by atoms with van der Waals surface area (Å²) in [6.45, 7) is 5.38. The molecular weight excluding hydrogens is 259 g/mol. The Hall–Kier alpha value is -1.91. The monoisotopic (exact) mass is 278 g/mol. The number of carbonyl (C=O) groups excluding carboxylic acids is 2. The number of carbonyl (C=O) groups is 2. The molecule has 2 amide bonds. The molecule has 1 saturated heterocycles. The van der Waals surface area contributed by atoms with Gasteiger partial charge >= 0.3 is 0 Å². The number of para-hydroxylation sites is 1. The summed E-state index contributed by atoms with van der Waals surface area (Å²) in [5, 5.41) is 2.70. The number of anilines is 1. The average Bonchev–Trinajstić information content (AvgIpc) is 2.42. The predicted molar refractivity (Wildman–Crippen MR) is 74.9 cm³/mol. The van der Waals surface area contributed by atoms with Crippen LogP contribution in [0.4, 0.5) is 10.1 Å². The third kappa shape index (κ3) is 2.28. The summed E-state index contributed by atoms with van der Waals surface area (Å²) in [5.74, 6) is -0.935. The van der Waals surface area contributed by atoms with Crippen LogP contribution in [-0.4, -0.2) is 23.9 Å². The molecule has 1 aliphatic heterocycles. The fraction of sp³-hybridized carbons (Fsp3) is 0.467. The Labute approximate surface area is 118 Å². The van der Waals surface area contributed by atoms with Crippen molar-refractivity contribution in [3.8, 4) is 0 Å². The van der Waals surface area contributed by atoms with Crippen LogP contribution >= 0.6 is 0 Å². The normalized spacial score (nSPS) is 22.9. The number of rotatable bonds is 3. The Kier molecular flexibility index (Phi) is 4.06. The summed E-state index contributed by atoms with van der Waals surface area (Å²) >= 11 is 0. The van der Waals surface area contributed by atoms with E-state index < -0.39 is 17.9 Å². The number of amides is 2. The molecule has 1 aliphatic rings. The second-order valence-electron chi connectivity index (χ2n) is 5.01. The minimum Gasteiger partial charge on any atom is -0.342 e. The molecule has 108 valence electrons. The molecule has 2 unspecified atom stereocenters. The molecule has 0 aliphatic carbocycles. The standard InChI is InChI=1S/C15H19FN2O2/c1-4-11-15(20)18(12(5-2)14(19)17-11)13-9(3)7-6-8-10(13)16/h6-8,11-12H,4-5H2,1-3H3,(H,17,19). The number of aryl methyl sites for hydroxylation is 1. The van der Waals surface area contributed by atoms with Crippen molar-refractivity contribution in [1.29, 1.82) is 0 Å². The number of nitrogens with one attached hydrogen (secondary N) is 1. The molecule has 1 aromatic carbocycles. The van der Waals surface area contributed by atoms with Gasteiger partial charge in [-0.25, -0.2) is 4.39 Å². The molecule has 0 spiro atoms. The molecule has 0 aromatic heterocycles. The molecule has 1 fully saturated rings. The van der Waals surface area contributed by atoms with Gasteiger partial charge in [0.2, 0.25) is 11.8 Å². The van der Waals surface area contributed by atoms with E-state index in [1.54, 1.807) is 19.1 Å². The Bertz CT molecular complexity index is 524. The lowest BCUT2D eigenvalue weighted by Gasteiger charge is -2.39. The molecule has 5 heteroatoms. The van der Waals surface area contributed by atoms with E-state index in [-0.39, 0.29) is 17.5 Å². The number of hydrogen-bond donors (Lipinski definition) is 1. The Morgan fingerprint density at radius 3 is 2.50 bits per heavy atom. The van der Waals surface area contributed by atoms with Crippen molar-refractivity contribution in [2.24, 2.45) is 0 Å². The highest BCUT2D eigenvalue weighted by Crippen LogP contribution is 2.29. The fourth-order valence-electron chi connectivity index (χ4n) is 2.61. The van der Waals surface area contributed by atoms with E-state index in [9.17, 15) is 14.0 Å². The van der Waals surface area contributed by atoms with E-state index in [4.69, 9.17) is 0 Å². The number of hydrogen-bond acceptors (Lipinski definition) is 2. The van der Waals surface area contributed by atoms with Gasteiger partial charge in [0, 0.05) is 0 Å². The van der Waals surface area contributed by atoms with Crippen molar-refractivity contribution >= 4 is 17.5 Å². The molecule has 0 radical (unpaired) electrons. The van der Waals surface area contributed by atoms with Crippen molar-refractivity contribution in [2.75, 3.05) is 4.90 Å². The van der Waals surface area contributed by atoms with E-state index in [2.05, 4.69) is 5.32 Å². The molecule has 1 heterocycles. The first kappa shape index (κ1) is 14.5. The van der Waals surface area contributed by atoms with E-state index in [0.29, 0.717) is 18.4 Å². The van der Waals surface area contributed by atoms with Gasteiger partial charge in [0.15, 0.2) is 0 Å².